The molecular weight excluding hydrogens is 308 g/mol. The molecule has 2 atom stereocenters. The highest BCUT2D eigenvalue weighted by Gasteiger charge is 2.46. The third-order valence-electron chi connectivity index (χ3n) is 4.93. The van der Waals surface area contributed by atoms with Gasteiger partial charge in [0.05, 0.1) is 6.54 Å². The zero-order valence-electron chi connectivity index (χ0n) is 13.8. The van der Waals surface area contributed by atoms with Crippen molar-refractivity contribution in [3.63, 3.8) is 0 Å². The molecule has 0 saturated heterocycles. The van der Waals surface area contributed by atoms with Crippen LogP contribution in [0.4, 0.5) is 0 Å². The number of rotatable bonds is 5. The standard InChI is InChI=1S/C17H22N4OS/c1-10-4-7-14(23-10)12-8-13(12)17(22)20(2)9-15-18-19-16(21(15)3)11-5-6-11/h4,7,11-13H,5-6,8-9H2,1-3H3/t12-,13-/m0/s1. The van der Waals surface area contributed by atoms with Crippen LogP contribution in [0, 0.1) is 12.8 Å². The molecule has 0 bridgehead atoms. The second kappa shape index (κ2) is 5.44. The van der Waals surface area contributed by atoms with E-state index in [1.54, 1.807) is 0 Å². The van der Waals surface area contributed by atoms with Crippen LogP contribution in [-0.2, 0) is 18.4 Å². The summed E-state index contributed by atoms with van der Waals surface area (Å²) in [6.45, 7) is 2.66. The second-order valence-electron chi connectivity index (χ2n) is 6.90. The molecule has 2 saturated carbocycles. The van der Waals surface area contributed by atoms with E-state index < -0.39 is 0 Å². The number of nitrogens with zero attached hydrogens (tertiary/aromatic N) is 4. The molecule has 23 heavy (non-hydrogen) atoms. The minimum Gasteiger partial charge on any atom is -0.338 e. The summed E-state index contributed by atoms with van der Waals surface area (Å²) in [6.07, 6.45) is 3.41. The molecule has 2 aliphatic carbocycles. The maximum absolute atomic E-state index is 12.6. The van der Waals surface area contributed by atoms with E-state index in [1.165, 1.54) is 22.6 Å². The van der Waals surface area contributed by atoms with Gasteiger partial charge in [-0.2, -0.15) is 0 Å². The third kappa shape index (κ3) is 2.80. The summed E-state index contributed by atoms with van der Waals surface area (Å²) in [7, 11) is 3.89. The number of hydrogen-bond donors (Lipinski definition) is 0. The van der Waals surface area contributed by atoms with Crippen molar-refractivity contribution in [3.05, 3.63) is 33.5 Å². The van der Waals surface area contributed by atoms with Crippen molar-refractivity contribution in [2.75, 3.05) is 7.05 Å². The van der Waals surface area contributed by atoms with Gasteiger partial charge in [-0.3, -0.25) is 4.79 Å². The Morgan fingerprint density at radius 3 is 2.83 bits per heavy atom. The average Bonchev–Trinajstić information content (AvgIpc) is 3.44. The fourth-order valence-electron chi connectivity index (χ4n) is 3.22. The number of carbonyl (C=O) groups excluding carboxylic acids is 1. The van der Waals surface area contributed by atoms with E-state index >= 15 is 0 Å². The van der Waals surface area contributed by atoms with Crippen LogP contribution in [0.2, 0.25) is 0 Å². The SMILES string of the molecule is Cc1ccc([C@H]2C[C@@H]2C(=O)N(C)Cc2nnc(C3CC3)n2C)s1. The lowest BCUT2D eigenvalue weighted by atomic mass is 10.2. The number of aromatic nitrogens is 3. The minimum absolute atomic E-state index is 0.147. The third-order valence-corrected chi connectivity index (χ3v) is 6.06. The molecule has 5 nitrogen and oxygen atoms in total. The van der Waals surface area contributed by atoms with Crippen molar-refractivity contribution < 1.29 is 4.79 Å². The number of thiophene rings is 1. The summed E-state index contributed by atoms with van der Waals surface area (Å²) >= 11 is 1.81. The summed E-state index contributed by atoms with van der Waals surface area (Å²) in [5.74, 6) is 3.33. The van der Waals surface area contributed by atoms with Crippen LogP contribution in [0.3, 0.4) is 0 Å². The Hall–Kier alpha value is -1.69. The second-order valence-corrected chi connectivity index (χ2v) is 8.22. The molecule has 0 spiro atoms. The smallest absolute Gasteiger partial charge is 0.226 e. The van der Waals surface area contributed by atoms with E-state index in [2.05, 4.69) is 33.8 Å². The van der Waals surface area contributed by atoms with Gasteiger partial charge in [-0.25, -0.2) is 0 Å². The number of amides is 1. The molecule has 1 amide bonds. The molecule has 2 aromatic heterocycles. The van der Waals surface area contributed by atoms with E-state index in [-0.39, 0.29) is 11.8 Å². The zero-order valence-corrected chi connectivity index (χ0v) is 14.6. The van der Waals surface area contributed by atoms with Gasteiger partial charge in [0.2, 0.25) is 5.91 Å². The Morgan fingerprint density at radius 2 is 2.17 bits per heavy atom. The number of carbonyl (C=O) groups is 1. The first kappa shape index (κ1) is 14.9. The van der Waals surface area contributed by atoms with Gasteiger partial charge < -0.3 is 9.47 Å². The fraction of sp³-hybridized carbons (Fsp3) is 0.588. The van der Waals surface area contributed by atoms with E-state index in [4.69, 9.17) is 0 Å². The number of aryl methyl sites for hydroxylation is 1. The Morgan fingerprint density at radius 1 is 1.39 bits per heavy atom. The first-order valence-electron chi connectivity index (χ1n) is 8.24. The summed E-state index contributed by atoms with van der Waals surface area (Å²) in [4.78, 5) is 17.1. The molecule has 0 aromatic carbocycles. The predicted octanol–water partition coefficient (Wildman–Crippen LogP) is 2.82. The highest BCUT2D eigenvalue weighted by Crippen LogP contribution is 2.50. The summed E-state index contributed by atoms with van der Waals surface area (Å²) in [5.41, 5.74) is 0. The van der Waals surface area contributed by atoms with Gasteiger partial charge in [0, 0.05) is 41.6 Å². The summed E-state index contributed by atoms with van der Waals surface area (Å²) in [6, 6.07) is 4.31. The monoisotopic (exact) mass is 330 g/mol. The molecule has 122 valence electrons. The molecule has 0 unspecified atom stereocenters. The molecule has 2 aliphatic rings. The first-order valence-corrected chi connectivity index (χ1v) is 9.05. The Balaban J connectivity index is 1.39. The van der Waals surface area contributed by atoms with Crippen LogP contribution in [-0.4, -0.2) is 32.6 Å². The molecule has 4 rings (SSSR count). The van der Waals surface area contributed by atoms with E-state index in [9.17, 15) is 4.79 Å². The maximum atomic E-state index is 12.6. The topological polar surface area (TPSA) is 51.0 Å². The number of hydrogen-bond acceptors (Lipinski definition) is 4. The summed E-state index contributed by atoms with van der Waals surface area (Å²) < 4.78 is 2.06. The molecule has 6 heteroatoms. The average molecular weight is 330 g/mol. The van der Waals surface area contributed by atoms with Crippen LogP contribution in [0.5, 0.6) is 0 Å². The van der Waals surface area contributed by atoms with Crippen LogP contribution in [0.25, 0.3) is 0 Å². The first-order chi connectivity index (χ1) is 11.0. The van der Waals surface area contributed by atoms with Gasteiger partial charge in [-0.05, 0) is 38.3 Å². The molecule has 0 aliphatic heterocycles. The molecule has 2 aromatic rings. The molecule has 0 N–H and O–H groups in total. The lowest BCUT2D eigenvalue weighted by molar-refractivity contribution is -0.132. The van der Waals surface area contributed by atoms with Crippen LogP contribution in [0.1, 0.15) is 52.5 Å². The van der Waals surface area contributed by atoms with Crippen molar-refractivity contribution in [2.24, 2.45) is 13.0 Å². The van der Waals surface area contributed by atoms with Gasteiger partial charge in [0.25, 0.3) is 0 Å². The van der Waals surface area contributed by atoms with Crippen molar-refractivity contribution >= 4 is 17.2 Å². The van der Waals surface area contributed by atoms with Gasteiger partial charge in [0.15, 0.2) is 5.82 Å². The molecule has 2 heterocycles. The van der Waals surface area contributed by atoms with Crippen molar-refractivity contribution in [2.45, 2.75) is 44.6 Å². The minimum atomic E-state index is 0.147. The van der Waals surface area contributed by atoms with Crippen molar-refractivity contribution in [3.8, 4) is 0 Å². The lowest BCUT2D eigenvalue weighted by Gasteiger charge is -2.16. The molecule has 0 radical (unpaired) electrons. The van der Waals surface area contributed by atoms with E-state index in [0.29, 0.717) is 18.4 Å². The van der Waals surface area contributed by atoms with Gasteiger partial charge >= 0.3 is 0 Å². The lowest BCUT2D eigenvalue weighted by Crippen LogP contribution is -2.29. The normalized spacial score (nSPS) is 23.1. The van der Waals surface area contributed by atoms with Crippen LogP contribution in [0.15, 0.2) is 12.1 Å². The van der Waals surface area contributed by atoms with Crippen LogP contribution >= 0.6 is 11.3 Å². The Kier molecular flexibility index (Phi) is 3.52. The Bertz CT molecular complexity index is 746. The molecular formula is C17H22N4OS. The predicted molar refractivity (Wildman–Crippen MR) is 89.4 cm³/mol. The van der Waals surface area contributed by atoms with E-state index in [0.717, 1.165) is 18.1 Å². The molecule has 2 fully saturated rings. The highest BCUT2D eigenvalue weighted by atomic mass is 32.1. The van der Waals surface area contributed by atoms with Gasteiger partial charge in [-0.1, -0.05) is 0 Å². The zero-order chi connectivity index (χ0) is 16.1. The van der Waals surface area contributed by atoms with Crippen molar-refractivity contribution in [1.29, 1.82) is 0 Å². The van der Waals surface area contributed by atoms with Crippen LogP contribution < -0.4 is 0 Å². The van der Waals surface area contributed by atoms with Gasteiger partial charge in [-0.15, -0.1) is 21.5 Å². The maximum Gasteiger partial charge on any atom is 0.226 e. The fourth-order valence-corrected chi connectivity index (χ4v) is 4.27. The van der Waals surface area contributed by atoms with E-state index in [1.807, 2.05) is 30.3 Å². The van der Waals surface area contributed by atoms with Gasteiger partial charge in [0.1, 0.15) is 5.82 Å². The quantitative estimate of drug-likeness (QED) is 0.847. The highest BCUT2D eigenvalue weighted by molar-refractivity contribution is 7.12. The Labute approximate surface area is 140 Å². The largest absolute Gasteiger partial charge is 0.338 e. The van der Waals surface area contributed by atoms with Crippen molar-refractivity contribution in [1.82, 2.24) is 19.7 Å². The summed E-state index contributed by atoms with van der Waals surface area (Å²) in [5, 5.41) is 8.57.